The van der Waals surface area contributed by atoms with Crippen LogP contribution < -0.4 is 10.1 Å². The minimum atomic E-state index is -3.07. The maximum atomic E-state index is 14.2. The molecule has 1 saturated heterocycles. The van der Waals surface area contributed by atoms with Gasteiger partial charge in [-0.3, -0.25) is 19.2 Å². The minimum Gasteiger partial charge on any atom is -0.455 e. The summed E-state index contributed by atoms with van der Waals surface area (Å²) in [5.41, 5.74) is -0.524. The average molecular weight is 723 g/mol. The average Bonchev–Trinajstić information content (AvgIpc) is 3.43. The first kappa shape index (κ1) is 34.0. The van der Waals surface area contributed by atoms with Gasteiger partial charge in [0.05, 0.1) is 0 Å². The second kappa shape index (κ2) is 15.8. The topological polar surface area (TPSA) is 153 Å². The van der Waals surface area contributed by atoms with Crippen molar-refractivity contribution in [1.29, 1.82) is 0 Å². The van der Waals surface area contributed by atoms with Gasteiger partial charge in [-0.2, -0.15) is 0 Å². The van der Waals surface area contributed by atoms with E-state index in [9.17, 15) is 32.8 Å². The zero-order valence-corrected chi connectivity index (χ0v) is 26.0. The number of nitrogens with one attached hydrogen (secondary N) is 1. The molecule has 5 atom stereocenters. The summed E-state index contributed by atoms with van der Waals surface area (Å²) >= 11 is -0.391. The van der Waals surface area contributed by atoms with Crippen LogP contribution in [0.3, 0.4) is 0 Å². The van der Waals surface area contributed by atoms with Gasteiger partial charge in [0.2, 0.25) is 0 Å². The Morgan fingerprint density at radius 1 is 0.907 bits per heavy atom. The third kappa shape index (κ3) is 10.3. The Balaban J connectivity index is 1.91. The SMILES string of the molecule is CC(=O)OCC1O[C@@H](Oc2ccc(NC(=O)CCc3ccc[te]3)cc2C(F)F)C(OC(C)=O)C(OC(C)=O)[C@H]1OC(C)=O. The standard InChI is InChI=1S/C28H31F2NO11Te/c1-14(32)37-13-22-24(38-15(2)33)25(39-16(3)34)26(40-17(4)35)28(42-22)41-21-9-7-18(12-20(21)27(29)30)31-23(36)10-8-19-6-5-11-43-19/h5-7,9,11-12,22,24-28H,8,10,13H2,1-4H3,(H,31,36)/t22?,24-,25?,26?,28+/m0/s1. The van der Waals surface area contributed by atoms with E-state index in [4.69, 9.17) is 28.4 Å². The summed E-state index contributed by atoms with van der Waals surface area (Å²) in [6.07, 6.45) is -9.91. The number of alkyl halides is 2. The summed E-state index contributed by atoms with van der Waals surface area (Å²) in [4.78, 5) is 59.8. The molecule has 234 valence electrons. The number of esters is 4. The van der Waals surface area contributed by atoms with Gasteiger partial charge in [-0.25, -0.2) is 0 Å². The molecule has 0 saturated carbocycles. The van der Waals surface area contributed by atoms with Crippen molar-refractivity contribution in [2.45, 2.75) is 77.7 Å². The van der Waals surface area contributed by atoms with Crippen LogP contribution in [0.25, 0.3) is 0 Å². The minimum absolute atomic E-state index is 0.101. The Kier molecular flexibility index (Phi) is 12.5. The van der Waals surface area contributed by atoms with E-state index >= 15 is 0 Å². The molecule has 43 heavy (non-hydrogen) atoms. The molecule has 0 aliphatic carbocycles. The first-order valence-corrected chi connectivity index (χ1v) is 15.6. The molecule has 1 amide bonds. The third-order valence-electron chi connectivity index (χ3n) is 5.90. The number of carbonyl (C=O) groups is 5. The van der Waals surface area contributed by atoms with Crippen LogP contribution in [-0.2, 0) is 54.1 Å². The second-order valence-corrected chi connectivity index (χ2v) is 12.3. The van der Waals surface area contributed by atoms with Crippen molar-refractivity contribution in [1.82, 2.24) is 0 Å². The van der Waals surface area contributed by atoms with Crippen molar-refractivity contribution in [2.24, 2.45) is 0 Å². The van der Waals surface area contributed by atoms with Crippen LogP contribution in [0.15, 0.2) is 34.4 Å². The Hall–Kier alpha value is -3.54. The van der Waals surface area contributed by atoms with Gasteiger partial charge in [0.1, 0.15) is 12.7 Å². The Morgan fingerprint density at radius 2 is 1.56 bits per heavy atom. The number of ether oxygens (including phenoxy) is 6. The number of halogens is 2. The van der Waals surface area contributed by atoms with E-state index in [1.807, 2.05) is 12.1 Å². The van der Waals surface area contributed by atoms with Crippen LogP contribution in [0.1, 0.15) is 49.7 Å². The first-order valence-electron chi connectivity index (χ1n) is 13.1. The molecule has 1 N–H and O–H groups in total. The molecule has 12 nitrogen and oxygen atoms in total. The van der Waals surface area contributed by atoms with Gasteiger partial charge in [-0.05, 0) is 0 Å². The molecule has 1 aromatic heterocycles. The summed E-state index contributed by atoms with van der Waals surface area (Å²) in [6, 6.07) is 7.47. The van der Waals surface area contributed by atoms with Gasteiger partial charge >= 0.3 is 165 Å². The molecule has 1 aliphatic rings. The molecule has 2 aromatic rings. The fraction of sp³-hybridized carbons (Fsp3) is 0.464. The number of amides is 1. The van der Waals surface area contributed by atoms with Crippen LogP contribution in [0.5, 0.6) is 5.75 Å². The molecule has 1 aliphatic heterocycles. The number of aryl methyl sites for hydroxylation is 1. The number of carbonyl (C=O) groups excluding carboxylic acids is 5. The molecule has 3 unspecified atom stereocenters. The van der Waals surface area contributed by atoms with Crippen LogP contribution in [0.4, 0.5) is 14.5 Å². The molecule has 0 bridgehead atoms. The molecule has 1 aromatic carbocycles. The number of rotatable bonds is 12. The summed E-state index contributed by atoms with van der Waals surface area (Å²) in [7, 11) is 0. The smallest absolute Gasteiger partial charge is 0.455 e. The van der Waals surface area contributed by atoms with Crippen molar-refractivity contribution in [3.63, 3.8) is 0 Å². The van der Waals surface area contributed by atoms with Crippen LogP contribution in [-0.4, -0.2) is 87.5 Å². The van der Waals surface area contributed by atoms with Gasteiger partial charge in [0.15, 0.2) is 12.2 Å². The van der Waals surface area contributed by atoms with Crippen molar-refractivity contribution in [3.05, 3.63) is 43.6 Å². The van der Waals surface area contributed by atoms with Crippen molar-refractivity contribution >= 4 is 55.9 Å². The van der Waals surface area contributed by atoms with Gasteiger partial charge in [0, 0.05) is 27.7 Å². The number of hydrogen-bond acceptors (Lipinski definition) is 11. The molecule has 0 radical (unpaired) electrons. The Morgan fingerprint density at radius 3 is 2.14 bits per heavy atom. The molecular weight excluding hydrogens is 692 g/mol. The Labute approximate surface area is 255 Å². The van der Waals surface area contributed by atoms with Gasteiger partial charge < -0.3 is 18.9 Å². The van der Waals surface area contributed by atoms with E-state index < -0.39 is 99.4 Å². The molecule has 1 fully saturated rings. The zero-order chi connectivity index (χ0) is 31.7. The molecule has 15 heteroatoms. The van der Waals surface area contributed by atoms with E-state index in [2.05, 4.69) is 9.40 Å². The fourth-order valence-corrected chi connectivity index (χ4v) is 6.25. The quantitative estimate of drug-likeness (QED) is 0.196. The normalized spacial score (nSPS) is 21.4. The van der Waals surface area contributed by atoms with Crippen LogP contribution in [0.2, 0.25) is 0 Å². The van der Waals surface area contributed by atoms with Gasteiger partial charge in [-0.1, -0.05) is 0 Å². The first-order chi connectivity index (χ1) is 20.3. The van der Waals surface area contributed by atoms with Crippen LogP contribution >= 0.6 is 0 Å². The third-order valence-corrected chi connectivity index (χ3v) is 8.57. The van der Waals surface area contributed by atoms with Gasteiger partial charge in [0.25, 0.3) is 0 Å². The van der Waals surface area contributed by atoms with E-state index in [0.717, 1.165) is 33.8 Å². The second-order valence-electron chi connectivity index (χ2n) is 9.37. The van der Waals surface area contributed by atoms with E-state index in [1.165, 1.54) is 15.7 Å². The molecule has 3 rings (SSSR count). The summed E-state index contributed by atoms with van der Waals surface area (Å²) in [5.74, 6) is -4.03. The number of anilines is 1. The predicted molar refractivity (Wildman–Crippen MR) is 144 cm³/mol. The fourth-order valence-electron chi connectivity index (χ4n) is 4.23. The van der Waals surface area contributed by atoms with E-state index in [0.29, 0.717) is 6.42 Å². The van der Waals surface area contributed by atoms with Gasteiger partial charge in [-0.15, -0.1) is 0 Å². The van der Waals surface area contributed by atoms with Crippen molar-refractivity contribution in [3.8, 4) is 5.75 Å². The number of hydrogen-bond donors (Lipinski definition) is 1. The summed E-state index contributed by atoms with van der Waals surface area (Å²) in [6.45, 7) is 3.75. The zero-order valence-electron chi connectivity index (χ0n) is 23.7. The van der Waals surface area contributed by atoms with E-state index in [1.54, 1.807) is 0 Å². The summed E-state index contributed by atoms with van der Waals surface area (Å²) < 4.78 is 64.2. The van der Waals surface area contributed by atoms with Crippen molar-refractivity contribution in [2.75, 3.05) is 11.9 Å². The van der Waals surface area contributed by atoms with Crippen molar-refractivity contribution < 1.29 is 61.2 Å². The molecule has 2 heterocycles. The molecule has 0 spiro atoms. The van der Waals surface area contributed by atoms with E-state index in [-0.39, 0.29) is 18.0 Å². The predicted octanol–water partition coefficient (Wildman–Crippen LogP) is 2.71. The molecular formula is C28H31F2NO11Te. The monoisotopic (exact) mass is 725 g/mol. The van der Waals surface area contributed by atoms with Crippen LogP contribution in [0, 0.1) is 0 Å². The maximum absolute atomic E-state index is 14.2. The number of benzene rings is 1. The summed E-state index contributed by atoms with van der Waals surface area (Å²) in [5, 5.41) is 2.60. The Bertz CT molecular complexity index is 1300.